The minimum absolute atomic E-state index is 0.0305. The van der Waals surface area contributed by atoms with Gasteiger partial charge in [-0.1, -0.05) is 6.07 Å². The lowest BCUT2D eigenvalue weighted by molar-refractivity contribution is 0.0856. The number of carbonyl (C=O) groups excluding carboxylic acids is 1. The van der Waals surface area contributed by atoms with E-state index >= 15 is 0 Å². The summed E-state index contributed by atoms with van der Waals surface area (Å²) < 4.78 is 18.4. The van der Waals surface area contributed by atoms with Gasteiger partial charge in [0.25, 0.3) is 5.91 Å². The van der Waals surface area contributed by atoms with Gasteiger partial charge in [0.05, 0.1) is 18.2 Å². The molecule has 0 spiro atoms. The molecule has 1 rings (SSSR count). The molecule has 1 N–H and O–H groups in total. The number of rotatable bonds is 4. The van der Waals surface area contributed by atoms with Crippen molar-refractivity contribution in [1.29, 1.82) is 5.26 Å². The molecule has 0 aliphatic rings. The molecule has 1 aromatic rings. The van der Waals surface area contributed by atoms with Crippen molar-refractivity contribution in [3.63, 3.8) is 0 Å². The third-order valence-corrected chi connectivity index (χ3v) is 2.44. The summed E-state index contributed by atoms with van der Waals surface area (Å²) >= 11 is 0. The van der Waals surface area contributed by atoms with Crippen LogP contribution in [0.4, 0.5) is 4.39 Å². The van der Waals surface area contributed by atoms with Gasteiger partial charge in [0, 0.05) is 7.11 Å². The van der Waals surface area contributed by atoms with Gasteiger partial charge in [-0.05, 0) is 31.5 Å². The van der Waals surface area contributed by atoms with E-state index < -0.39 is 17.3 Å². The molecule has 0 aliphatic carbocycles. The zero-order valence-electron chi connectivity index (χ0n) is 10.6. The van der Waals surface area contributed by atoms with Gasteiger partial charge in [-0.2, -0.15) is 5.26 Å². The van der Waals surface area contributed by atoms with Crippen LogP contribution in [0.1, 0.15) is 22.8 Å². The van der Waals surface area contributed by atoms with Crippen molar-refractivity contribution < 1.29 is 13.9 Å². The zero-order chi connectivity index (χ0) is 13.8. The van der Waals surface area contributed by atoms with Crippen molar-refractivity contribution >= 4 is 5.91 Å². The summed E-state index contributed by atoms with van der Waals surface area (Å²) in [7, 11) is 1.42. The van der Waals surface area contributed by atoms with Gasteiger partial charge in [-0.3, -0.25) is 4.79 Å². The van der Waals surface area contributed by atoms with Crippen LogP contribution in [0.5, 0.6) is 0 Å². The van der Waals surface area contributed by atoms with Crippen molar-refractivity contribution in [2.75, 3.05) is 13.7 Å². The van der Waals surface area contributed by atoms with Crippen LogP contribution in [-0.4, -0.2) is 25.2 Å². The maximum atomic E-state index is 13.6. The van der Waals surface area contributed by atoms with Crippen LogP contribution in [0.25, 0.3) is 0 Å². The van der Waals surface area contributed by atoms with E-state index in [1.165, 1.54) is 26.2 Å². The lowest BCUT2D eigenvalue weighted by Gasteiger charge is -2.22. The van der Waals surface area contributed by atoms with Gasteiger partial charge in [-0.15, -0.1) is 0 Å². The summed E-state index contributed by atoms with van der Waals surface area (Å²) in [5.74, 6) is -1.24. The van der Waals surface area contributed by atoms with Crippen molar-refractivity contribution in [2.45, 2.75) is 19.4 Å². The first-order valence-electron chi connectivity index (χ1n) is 5.41. The molecule has 0 aliphatic heterocycles. The van der Waals surface area contributed by atoms with E-state index in [1.807, 2.05) is 6.07 Å². The fourth-order valence-electron chi connectivity index (χ4n) is 1.51. The van der Waals surface area contributed by atoms with Crippen LogP contribution in [0, 0.1) is 24.1 Å². The number of aryl methyl sites for hydroxylation is 1. The number of halogens is 1. The van der Waals surface area contributed by atoms with Gasteiger partial charge >= 0.3 is 0 Å². The van der Waals surface area contributed by atoms with Gasteiger partial charge in [0.2, 0.25) is 0 Å². The summed E-state index contributed by atoms with van der Waals surface area (Å²) in [6.45, 7) is 3.28. The zero-order valence-corrected chi connectivity index (χ0v) is 10.6. The fourth-order valence-corrected chi connectivity index (χ4v) is 1.51. The van der Waals surface area contributed by atoms with E-state index in [-0.39, 0.29) is 12.2 Å². The lowest BCUT2D eigenvalue weighted by atomic mass is 10.0. The molecule has 96 valence electrons. The maximum Gasteiger partial charge on any atom is 0.255 e. The number of nitriles is 1. The summed E-state index contributed by atoms with van der Waals surface area (Å²) in [6.07, 6.45) is 0. The first kappa shape index (κ1) is 14.1. The number of ether oxygens (including phenoxy) is 1. The van der Waals surface area contributed by atoms with Crippen molar-refractivity contribution in [3.8, 4) is 6.07 Å². The third-order valence-electron chi connectivity index (χ3n) is 2.44. The minimum Gasteiger partial charge on any atom is -0.381 e. The van der Waals surface area contributed by atoms with Gasteiger partial charge in [0.1, 0.15) is 11.4 Å². The SMILES string of the molecule is COCC(C)(C#N)NC(=O)c1ccc(C)cc1F. The number of amides is 1. The summed E-state index contributed by atoms with van der Waals surface area (Å²) in [5.41, 5.74) is -0.537. The molecule has 0 radical (unpaired) electrons. The topological polar surface area (TPSA) is 62.1 Å². The Kier molecular flexibility index (Phi) is 4.40. The van der Waals surface area contributed by atoms with Gasteiger partial charge < -0.3 is 10.1 Å². The molecule has 1 atom stereocenters. The first-order valence-corrected chi connectivity index (χ1v) is 5.41. The molecule has 1 aromatic carbocycles. The number of benzene rings is 1. The average Bonchev–Trinajstić information content (AvgIpc) is 2.28. The number of hydrogen-bond acceptors (Lipinski definition) is 3. The fraction of sp³-hybridized carbons (Fsp3) is 0.385. The second-order valence-corrected chi connectivity index (χ2v) is 4.31. The van der Waals surface area contributed by atoms with Crippen LogP contribution < -0.4 is 5.32 Å². The molecule has 0 saturated carbocycles. The van der Waals surface area contributed by atoms with Crippen LogP contribution in [0.3, 0.4) is 0 Å². The van der Waals surface area contributed by atoms with Crippen LogP contribution >= 0.6 is 0 Å². The number of hydrogen-bond donors (Lipinski definition) is 1. The Balaban J connectivity index is 2.92. The van der Waals surface area contributed by atoms with Crippen LogP contribution in [0.15, 0.2) is 18.2 Å². The second kappa shape index (κ2) is 5.61. The smallest absolute Gasteiger partial charge is 0.255 e. The minimum atomic E-state index is -1.18. The Labute approximate surface area is 105 Å². The van der Waals surface area contributed by atoms with Crippen LogP contribution in [0.2, 0.25) is 0 Å². The van der Waals surface area contributed by atoms with E-state index in [0.29, 0.717) is 0 Å². The standard InChI is InChI=1S/C13H15FN2O2/c1-9-4-5-10(11(14)6-9)12(17)16-13(2,7-15)8-18-3/h4-6H,8H2,1-3H3,(H,16,17). The lowest BCUT2D eigenvalue weighted by Crippen LogP contribution is -2.48. The molecule has 0 fully saturated rings. The summed E-state index contributed by atoms with van der Waals surface area (Å²) in [6, 6.07) is 6.23. The summed E-state index contributed by atoms with van der Waals surface area (Å²) in [4.78, 5) is 11.9. The Morgan fingerprint density at radius 1 is 1.61 bits per heavy atom. The average molecular weight is 250 g/mol. The monoisotopic (exact) mass is 250 g/mol. The van der Waals surface area contributed by atoms with E-state index in [9.17, 15) is 9.18 Å². The van der Waals surface area contributed by atoms with Crippen LogP contribution in [-0.2, 0) is 4.74 Å². The molecule has 0 aromatic heterocycles. The predicted octanol–water partition coefficient (Wildman–Crippen LogP) is 1.79. The molecule has 0 heterocycles. The number of nitrogens with one attached hydrogen (secondary N) is 1. The molecule has 4 nitrogen and oxygen atoms in total. The highest BCUT2D eigenvalue weighted by atomic mass is 19.1. The molecule has 0 bridgehead atoms. The Morgan fingerprint density at radius 2 is 2.28 bits per heavy atom. The Hall–Kier alpha value is -1.93. The van der Waals surface area contributed by atoms with Crippen molar-refractivity contribution in [1.82, 2.24) is 5.32 Å². The molecular weight excluding hydrogens is 235 g/mol. The largest absolute Gasteiger partial charge is 0.381 e. The quantitative estimate of drug-likeness (QED) is 0.886. The molecule has 1 amide bonds. The molecule has 18 heavy (non-hydrogen) atoms. The second-order valence-electron chi connectivity index (χ2n) is 4.31. The third kappa shape index (κ3) is 3.28. The molecule has 5 heteroatoms. The number of nitrogens with zero attached hydrogens (tertiary/aromatic N) is 1. The van der Waals surface area contributed by atoms with Gasteiger partial charge in [-0.25, -0.2) is 4.39 Å². The van der Waals surface area contributed by atoms with Gasteiger partial charge in [0.15, 0.2) is 0 Å². The number of methoxy groups -OCH3 is 1. The molecular formula is C13H15FN2O2. The Bertz CT molecular complexity index is 496. The summed E-state index contributed by atoms with van der Waals surface area (Å²) in [5, 5.41) is 11.4. The molecule has 0 saturated heterocycles. The normalized spacial score (nSPS) is 13.5. The first-order chi connectivity index (χ1) is 8.41. The van der Waals surface area contributed by atoms with E-state index in [4.69, 9.17) is 10.00 Å². The molecule has 1 unspecified atom stereocenters. The van der Waals surface area contributed by atoms with E-state index in [2.05, 4.69) is 5.32 Å². The van der Waals surface area contributed by atoms with E-state index in [0.717, 1.165) is 5.56 Å². The Morgan fingerprint density at radius 3 is 2.78 bits per heavy atom. The highest BCUT2D eigenvalue weighted by Gasteiger charge is 2.27. The number of carbonyl (C=O) groups is 1. The highest BCUT2D eigenvalue weighted by Crippen LogP contribution is 2.12. The maximum absolute atomic E-state index is 13.6. The van der Waals surface area contributed by atoms with E-state index in [1.54, 1.807) is 13.0 Å². The van der Waals surface area contributed by atoms with Crippen molar-refractivity contribution in [3.05, 3.63) is 35.1 Å². The van der Waals surface area contributed by atoms with Crippen molar-refractivity contribution in [2.24, 2.45) is 0 Å². The predicted molar refractivity (Wildman–Crippen MR) is 64.5 cm³/mol. The highest BCUT2D eigenvalue weighted by molar-refractivity contribution is 5.95.